The number of aromatic nitrogens is 5. The van der Waals surface area contributed by atoms with Gasteiger partial charge in [-0.05, 0) is 25.7 Å². The summed E-state index contributed by atoms with van der Waals surface area (Å²) in [5, 5.41) is 14.9. The molecule has 0 bridgehead atoms. The fourth-order valence-electron chi connectivity index (χ4n) is 3.39. The van der Waals surface area contributed by atoms with Crippen molar-refractivity contribution in [2.45, 2.75) is 26.3 Å². The first-order valence-corrected chi connectivity index (χ1v) is 9.44. The Hall–Kier alpha value is -2.75. The average molecular weight is 389 g/mol. The summed E-state index contributed by atoms with van der Waals surface area (Å²) >= 11 is 0. The molecule has 1 atom stereocenters. The fraction of sp³-hybridized carbons (Fsp3) is 0.611. The smallest absolute Gasteiger partial charge is 0.273 e. The van der Waals surface area contributed by atoms with Gasteiger partial charge in [0.15, 0.2) is 5.69 Å². The van der Waals surface area contributed by atoms with Gasteiger partial charge in [-0.25, -0.2) is 0 Å². The number of aryl methyl sites for hydroxylation is 1. The van der Waals surface area contributed by atoms with Crippen LogP contribution in [0.15, 0.2) is 12.4 Å². The maximum absolute atomic E-state index is 12.8. The largest absolute Gasteiger partial charge is 0.383 e. The van der Waals surface area contributed by atoms with Crippen LogP contribution in [-0.2, 0) is 18.3 Å². The number of methoxy groups -OCH3 is 1. The van der Waals surface area contributed by atoms with Gasteiger partial charge in [0.1, 0.15) is 0 Å². The first-order valence-electron chi connectivity index (χ1n) is 9.44. The Labute approximate surface area is 163 Å². The number of nitrogens with one attached hydrogen (secondary N) is 1. The molecular weight excluding hydrogens is 362 g/mol. The van der Waals surface area contributed by atoms with Crippen LogP contribution in [0.4, 0.5) is 0 Å². The van der Waals surface area contributed by atoms with Gasteiger partial charge in [-0.2, -0.15) is 5.10 Å². The Morgan fingerprint density at radius 1 is 1.39 bits per heavy atom. The normalized spacial score (nSPS) is 17.0. The minimum Gasteiger partial charge on any atom is -0.383 e. The molecular formula is C18H27N7O3. The maximum Gasteiger partial charge on any atom is 0.273 e. The molecule has 1 aliphatic rings. The molecule has 10 nitrogen and oxygen atoms in total. The van der Waals surface area contributed by atoms with E-state index in [1.165, 1.54) is 0 Å². The number of carbonyl (C=O) groups is 2. The third-order valence-electron chi connectivity index (χ3n) is 5.08. The summed E-state index contributed by atoms with van der Waals surface area (Å²) in [5.41, 5.74) is 1.80. The first kappa shape index (κ1) is 20.0. The van der Waals surface area contributed by atoms with Crippen LogP contribution in [0.3, 0.4) is 0 Å². The van der Waals surface area contributed by atoms with Crippen LogP contribution in [0.1, 0.15) is 39.4 Å². The third kappa shape index (κ3) is 4.56. The maximum atomic E-state index is 12.8. The van der Waals surface area contributed by atoms with Crippen LogP contribution in [-0.4, -0.2) is 74.8 Å². The van der Waals surface area contributed by atoms with Crippen molar-refractivity contribution in [3.63, 3.8) is 0 Å². The van der Waals surface area contributed by atoms with E-state index in [-0.39, 0.29) is 23.4 Å². The van der Waals surface area contributed by atoms with E-state index in [2.05, 4.69) is 20.7 Å². The Morgan fingerprint density at radius 2 is 2.21 bits per heavy atom. The second kappa shape index (κ2) is 8.96. The van der Waals surface area contributed by atoms with E-state index in [9.17, 15) is 9.59 Å². The van der Waals surface area contributed by atoms with Crippen molar-refractivity contribution < 1.29 is 14.3 Å². The molecule has 0 aliphatic carbocycles. The summed E-state index contributed by atoms with van der Waals surface area (Å²) in [6.45, 7) is 4.79. The number of piperidine rings is 1. The van der Waals surface area contributed by atoms with Crippen LogP contribution >= 0.6 is 0 Å². The van der Waals surface area contributed by atoms with E-state index >= 15 is 0 Å². The van der Waals surface area contributed by atoms with E-state index in [0.717, 1.165) is 25.1 Å². The van der Waals surface area contributed by atoms with Gasteiger partial charge in [0.05, 0.1) is 24.6 Å². The molecule has 0 saturated carbocycles. The van der Waals surface area contributed by atoms with Gasteiger partial charge >= 0.3 is 0 Å². The second-order valence-electron chi connectivity index (χ2n) is 7.10. The molecule has 0 unspecified atom stereocenters. The molecule has 0 aromatic carbocycles. The molecule has 1 fully saturated rings. The van der Waals surface area contributed by atoms with Crippen molar-refractivity contribution in [1.82, 2.24) is 35.0 Å². The molecule has 1 saturated heterocycles. The molecule has 0 spiro atoms. The highest BCUT2D eigenvalue weighted by atomic mass is 16.5. The van der Waals surface area contributed by atoms with Crippen molar-refractivity contribution in [1.29, 1.82) is 0 Å². The van der Waals surface area contributed by atoms with Crippen LogP contribution < -0.4 is 5.32 Å². The van der Waals surface area contributed by atoms with E-state index in [4.69, 9.17) is 4.74 Å². The molecule has 1 aliphatic heterocycles. The van der Waals surface area contributed by atoms with Crippen LogP contribution in [0.5, 0.6) is 0 Å². The highest BCUT2D eigenvalue weighted by Crippen LogP contribution is 2.21. The molecule has 152 valence electrons. The first-order chi connectivity index (χ1) is 13.5. The molecule has 2 amide bonds. The highest BCUT2D eigenvalue weighted by molar-refractivity contribution is 5.95. The van der Waals surface area contributed by atoms with Crippen molar-refractivity contribution in [2.75, 3.05) is 33.4 Å². The third-order valence-corrected chi connectivity index (χ3v) is 5.08. The van der Waals surface area contributed by atoms with Gasteiger partial charge < -0.3 is 15.0 Å². The Kier molecular flexibility index (Phi) is 6.40. The lowest BCUT2D eigenvalue weighted by atomic mass is 9.97. The molecule has 1 N–H and O–H groups in total. The summed E-state index contributed by atoms with van der Waals surface area (Å²) in [6.07, 6.45) is 5.22. The van der Waals surface area contributed by atoms with Crippen LogP contribution in [0.2, 0.25) is 0 Å². The number of nitrogens with zero attached hydrogens (tertiary/aromatic N) is 6. The predicted molar refractivity (Wildman–Crippen MR) is 101 cm³/mol. The number of hydrogen-bond donors (Lipinski definition) is 1. The zero-order valence-electron chi connectivity index (χ0n) is 16.6. The predicted octanol–water partition coefficient (Wildman–Crippen LogP) is 0.249. The van der Waals surface area contributed by atoms with E-state index in [1.807, 2.05) is 18.9 Å². The van der Waals surface area contributed by atoms with Crippen LogP contribution in [0, 0.1) is 12.8 Å². The number of hydrogen-bond acceptors (Lipinski definition) is 6. The molecule has 2 aromatic rings. The SMILES string of the molecule is COCCNC(=O)c1cn(C[C@H]2CCCN(C(=O)c3cnn(C)c3C)C2)nn1. The minimum absolute atomic E-state index is 0.0205. The van der Waals surface area contributed by atoms with Gasteiger partial charge in [-0.15, -0.1) is 5.10 Å². The van der Waals surface area contributed by atoms with Crippen molar-refractivity contribution in [3.05, 3.63) is 29.3 Å². The zero-order valence-corrected chi connectivity index (χ0v) is 16.6. The lowest BCUT2D eigenvalue weighted by Gasteiger charge is -2.32. The monoisotopic (exact) mass is 389 g/mol. The standard InChI is InChI=1S/C18H27N7O3/c1-13-15(9-20-23(13)2)18(27)24-7-4-5-14(10-24)11-25-12-16(21-22-25)17(26)19-6-8-28-3/h9,12,14H,4-8,10-11H2,1-3H3,(H,19,26)/t14-/m0/s1. The van der Waals surface area contributed by atoms with E-state index in [0.29, 0.717) is 31.8 Å². The molecule has 3 heterocycles. The fourth-order valence-corrected chi connectivity index (χ4v) is 3.39. The number of rotatable bonds is 7. The molecule has 28 heavy (non-hydrogen) atoms. The van der Waals surface area contributed by atoms with Crippen molar-refractivity contribution in [3.8, 4) is 0 Å². The Morgan fingerprint density at radius 3 is 2.93 bits per heavy atom. The molecule has 2 aromatic heterocycles. The lowest BCUT2D eigenvalue weighted by Crippen LogP contribution is -2.41. The Balaban J connectivity index is 1.57. The lowest BCUT2D eigenvalue weighted by molar-refractivity contribution is 0.0658. The van der Waals surface area contributed by atoms with Crippen LogP contribution in [0.25, 0.3) is 0 Å². The summed E-state index contributed by atoms with van der Waals surface area (Å²) in [5.74, 6) is 0.0173. The molecule has 3 rings (SSSR count). The quantitative estimate of drug-likeness (QED) is 0.680. The highest BCUT2D eigenvalue weighted by Gasteiger charge is 2.27. The summed E-state index contributed by atoms with van der Waals surface area (Å²) < 4.78 is 8.30. The zero-order chi connectivity index (χ0) is 20.1. The molecule has 0 radical (unpaired) electrons. The minimum atomic E-state index is -0.268. The second-order valence-corrected chi connectivity index (χ2v) is 7.10. The summed E-state index contributed by atoms with van der Waals surface area (Å²) in [4.78, 5) is 26.7. The van der Waals surface area contributed by atoms with Gasteiger partial charge in [0, 0.05) is 46.0 Å². The Bertz CT molecular complexity index is 829. The molecule has 10 heteroatoms. The van der Waals surface area contributed by atoms with Gasteiger partial charge in [-0.1, -0.05) is 5.21 Å². The summed E-state index contributed by atoms with van der Waals surface area (Å²) in [6, 6.07) is 0. The number of carbonyl (C=O) groups excluding carboxylic acids is 2. The number of amides is 2. The van der Waals surface area contributed by atoms with Crippen molar-refractivity contribution in [2.24, 2.45) is 13.0 Å². The summed E-state index contributed by atoms with van der Waals surface area (Å²) in [7, 11) is 3.41. The topological polar surface area (TPSA) is 107 Å². The average Bonchev–Trinajstić information content (AvgIpc) is 3.29. The number of likely N-dealkylation sites (tertiary alicyclic amines) is 1. The van der Waals surface area contributed by atoms with Gasteiger partial charge in [0.2, 0.25) is 0 Å². The van der Waals surface area contributed by atoms with E-state index < -0.39 is 0 Å². The van der Waals surface area contributed by atoms with Gasteiger partial charge in [0.25, 0.3) is 11.8 Å². The number of ether oxygens (including phenoxy) is 1. The van der Waals surface area contributed by atoms with Gasteiger partial charge in [-0.3, -0.25) is 19.0 Å². The van der Waals surface area contributed by atoms with Crippen molar-refractivity contribution >= 4 is 11.8 Å². The van der Waals surface area contributed by atoms with E-state index in [1.54, 1.807) is 28.9 Å².